The minimum Gasteiger partial charge on any atom is -0.483 e. The van der Waals surface area contributed by atoms with Crippen LogP contribution in [-0.4, -0.2) is 64.1 Å². The van der Waals surface area contributed by atoms with Gasteiger partial charge in [0.2, 0.25) is 0 Å². The molecule has 0 spiro atoms. The van der Waals surface area contributed by atoms with Crippen LogP contribution < -0.4 is 9.21 Å². The van der Waals surface area contributed by atoms with Crippen LogP contribution >= 0.6 is 0 Å². The second kappa shape index (κ2) is 12.0. The van der Waals surface area contributed by atoms with Crippen LogP contribution in [0.4, 0.5) is 11.4 Å². The molecule has 0 saturated carbocycles. The molecule has 2 N–H and O–H groups in total. The van der Waals surface area contributed by atoms with Crippen molar-refractivity contribution < 1.29 is 28.2 Å². The van der Waals surface area contributed by atoms with Gasteiger partial charge in [0.05, 0.1) is 36.4 Å². The van der Waals surface area contributed by atoms with E-state index in [0.717, 1.165) is 16.8 Å². The van der Waals surface area contributed by atoms with Crippen LogP contribution in [0.1, 0.15) is 25.0 Å². The van der Waals surface area contributed by atoms with E-state index < -0.39 is 10.0 Å². The molecule has 2 aromatic rings. The lowest BCUT2D eigenvalue weighted by Crippen LogP contribution is -2.47. The van der Waals surface area contributed by atoms with Crippen molar-refractivity contribution in [3.8, 4) is 0 Å². The maximum absolute atomic E-state index is 13.6. The number of aliphatic hydroxyl groups is 1. The standard InChI is InChI=1S/C23H32N2O4S.CH2O2/c1-17(2)14-25(23-10-5-18(3)13-19(23)4)30(27,28)22-8-6-20(7-9-22)24-11-12-29-16-21(24)15-26;2-1-3/h5-10,13,17,21,26H,11-12,14-16H2,1-4H3;1H,(H,2,3). The topological polar surface area (TPSA) is 107 Å². The summed E-state index contributed by atoms with van der Waals surface area (Å²) in [7, 11) is -3.71. The van der Waals surface area contributed by atoms with E-state index >= 15 is 0 Å². The highest BCUT2D eigenvalue weighted by molar-refractivity contribution is 7.92. The molecular weight excluding hydrogens is 444 g/mol. The molecule has 0 radical (unpaired) electrons. The first-order chi connectivity index (χ1) is 15.6. The van der Waals surface area contributed by atoms with E-state index in [4.69, 9.17) is 14.6 Å². The van der Waals surface area contributed by atoms with Gasteiger partial charge in [0.1, 0.15) is 0 Å². The summed E-state index contributed by atoms with van der Waals surface area (Å²) in [5.74, 6) is 0.179. The number of carbonyl (C=O) groups is 1. The van der Waals surface area contributed by atoms with E-state index in [1.807, 2.05) is 58.0 Å². The predicted molar refractivity (Wildman–Crippen MR) is 129 cm³/mol. The third kappa shape index (κ3) is 6.69. The monoisotopic (exact) mass is 478 g/mol. The van der Waals surface area contributed by atoms with Crippen LogP contribution in [0.15, 0.2) is 47.4 Å². The number of aliphatic hydroxyl groups excluding tert-OH is 1. The van der Waals surface area contributed by atoms with Crippen molar-refractivity contribution in [2.75, 3.05) is 42.1 Å². The van der Waals surface area contributed by atoms with Crippen LogP contribution in [0, 0.1) is 19.8 Å². The zero-order chi connectivity index (χ0) is 24.6. The molecule has 1 atom stereocenters. The van der Waals surface area contributed by atoms with Gasteiger partial charge in [0.15, 0.2) is 0 Å². The normalized spacial score (nSPS) is 16.2. The molecule has 0 aromatic heterocycles. The molecule has 1 aliphatic rings. The largest absolute Gasteiger partial charge is 0.483 e. The van der Waals surface area contributed by atoms with Crippen LogP contribution in [0.5, 0.6) is 0 Å². The molecule has 2 aromatic carbocycles. The average molecular weight is 479 g/mol. The summed E-state index contributed by atoms with van der Waals surface area (Å²) in [6.45, 7) is 9.85. The van der Waals surface area contributed by atoms with Crippen molar-refractivity contribution in [2.45, 2.75) is 38.6 Å². The van der Waals surface area contributed by atoms with Crippen molar-refractivity contribution in [2.24, 2.45) is 5.92 Å². The van der Waals surface area contributed by atoms with Crippen molar-refractivity contribution >= 4 is 27.9 Å². The number of hydrogen-bond donors (Lipinski definition) is 2. The first-order valence-corrected chi connectivity index (χ1v) is 12.3. The van der Waals surface area contributed by atoms with Gasteiger partial charge in [0.25, 0.3) is 16.5 Å². The summed E-state index contributed by atoms with van der Waals surface area (Å²) in [5, 5.41) is 16.5. The van der Waals surface area contributed by atoms with Gasteiger partial charge >= 0.3 is 0 Å². The smallest absolute Gasteiger partial charge is 0.290 e. The summed E-state index contributed by atoms with van der Waals surface area (Å²) in [4.78, 5) is 10.7. The molecule has 0 aliphatic carbocycles. The number of morpholine rings is 1. The fourth-order valence-corrected chi connectivity index (χ4v) is 5.52. The molecule has 8 nitrogen and oxygen atoms in total. The minimum absolute atomic E-state index is 0.00504. The van der Waals surface area contributed by atoms with Gasteiger partial charge < -0.3 is 19.8 Å². The third-order valence-electron chi connectivity index (χ3n) is 5.35. The number of ether oxygens (including phenoxy) is 1. The van der Waals surface area contributed by atoms with Crippen molar-refractivity contribution in [3.63, 3.8) is 0 Å². The van der Waals surface area contributed by atoms with E-state index in [-0.39, 0.29) is 29.9 Å². The van der Waals surface area contributed by atoms with Gasteiger partial charge in [-0.15, -0.1) is 0 Å². The number of hydrogen-bond acceptors (Lipinski definition) is 6. The maximum atomic E-state index is 13.6. The molecule has 1 aliphatic heterocycles. The second-order valence-electron chi connectivity index (χ2n) is 8.42. The zero-order valence-electron chi connectivity index (χ0n) is 19.6. The van der Waals surface area contributed by atoms with Gasteiger partial charge in [-0.1, -0.05) is 31.5 Å². The fourth-order valence-electron chi connectivity index (χ4n) is 3.83. The number of carboxylic acid groups (broad SMARTS) is 1. The van der Waals surface area contributed by atoms with Crippen molar-refractivity contribution in [3.05, 3.63) is 53.6 Å². The fraction of sp³-hybridized carbons (Fsp3) is 0.458. The van der Waals surface area contributed by atoms with E-state index in [0.29, 0.717) is 32.0 Å². The predicted octanol–water partition coefficient (Wildman–Crippen LogP) is 3.05. The van der Waals surface area contributed by atoms with Crippen LogP contribution in [-0.2, 0) is 19.6 Å². The molecular formula is C24H34N2O6S. The first kappa shape index (κ1) is 26.6. The SMILES string of the molecule is Cc1ccc(N(CC(C)C)S(=O)(=O)c2ccc(N3CCOCC3CO)cc2)c(C)c1.O=CO. The minimum atomic E-state index is -3.71. The molecule has 1 saturated heterocycles. The second-order valence-corrected chi connectivity index (χ2v) is 10.3. The van der Waals surface area contributed by atoms with Gasteiger partial charge in [0, 0.05) is 18.8 Å². The Hall–Kier alpha value is -2.62. The number of benzene rings is 2. The Balaban J connectivity index is 0.00000122. The number of anilines is 2. The van der Waals surface area contributed by atoms with E-state index in [1.54, 1.807) is 12.1 Å². The lowest BCUT2D eigenvalue weighted by Gasteiger charge is -2.36. The third-order valence-corrected chi connectivity index (χ3v) is 7.14. The molecule has 0 bridgehead atoms. The summed E-state index contributed by atoms with van der Waals surface area (Å²) < 4.78 is 34.1. The summed E-state index contributed by atoms with van der Waals surface area (Å²) >= 11 is 0. The molecule has 1 heterocycles. The molecule has 1 fully saturated rings. The summed E-state index contributed by atoms with van der Waals surface area (Å²) in [6, 6.07) is 12.7. The lowest BCUT2D eigenvalue weighted by atomic mass is 10.1. The molecule has 0 amide bonds. The Kier molecular flexibility index (Phi) is 9.70. The molecule has 182 valence electrons. The highest BCUT2D eigenvalue weighted by Crippen LogP contribution is 2.30. The van der Waals surface area contributed by atoms with Crippen molar-refractivity contribution in [1.82, 2.24) is 0 Å². The van der Waals surface area contributed by atoms with Gasteiger partial charge in [-0.2, -0.15) is 0 Å². The van der Waals surface area contributed by atoms with Gasteiger partial charge in [-0.3, -0.25) is 9.10 Å². The first-order valence-electron chi connectivity index (χ1n) is 10.9. The Morgan fingerprint density at radius 3 is 2.36 bits per heavy atom. The lowest BCUT2D eigenvalue weighted by molar-refractivity contribution is -0.122. The van der Waals surface area contributed by atoms with E-state index in [2.05, 4.69) is 4.90 Å². The zero-order valence-corrected chi connectivity index (χ0v) is 20.5. The summed E-state index contributed by atoms with van der Waals surface area (Å²) in [5.41, 5.74) is 3.64. The maximum Gasteiger partial charge on any atom is 0.290 e. The highest BCUT2D eigenvalue weighted by Gasteiger charge is 2.28. The van der Waals surface area contributed by atoms with Crippen LogP contribution in [0.3, 0.4) is 0 Å². The highest BCUT2D eigenvalue weighted by atomic mass is 32.2. The van der Waals surface area contributed by atoms with Crippen molar-refractivity contribution in [1.29, 1.82) is 0 Å². The number of nitrogens with zero attached hydrogens (tertiary/aromatic N) is 2. The van der Waals surface area contributed by atoms with Crippen LogP contribution in [0.2, 0.25) is 0 Å². The quantitative estimate of drug-likeness (QED) is 0.589. The number of sulfonamides is 1. The van der Waals surface area contributed by atoms with Gasteiger partial charge in [-0.05, 0) is 55.7 Å². The Labute approximate surface area is 196 Å². The molecule has 1 unspecified atom stereocenters. The van der Waals surface area contributed by atoms with Gasteiger partial charge in [-0.25, -0.2) is 8.42 Å². The molecule has 33 heavy (non-hydrogen) atoms. The average Bonchev–Trinajstić information content (AvgIpc) is 2.78. The Bertz CT molecular complexity index is 1010. The van der Waals surface area contributed by atoms with E-state index in [1.165, 1.54) is 4.31 Å². The summed E-state index contributed by atoms with van der Waals surface area (Å²) in [6.07, 6.45) is 0. The van der Waals surface area contributed by atoms with E-state index in [9.17, 15) is 13.5 Å². The molecule has 9 heteroatoms. The Morgan fingerprint density at radius 2 is 1.82 bits per heavy atom. The Morgan fingerprint density at radius 1 is 1.18 bits per heavy atom. The molecule has 3 rings (SSSR count). The number of rotatable bonds is 7. The number of aryl methyl sites for hydroxylation is 2. The van der Waals surface area contributed by atoms with Crippen LogP contribution in [0.25, 0.3) is 0 Å².